The van der Waals surface area contributed by atoms with Gasteiger partial charge in [0.15, 0.2) is 0 Å². The smallest absolute Gasteiger partial charge is 0.226 e. The van der Waals surface area contributed by atoms with Crippen LogP contribution in [0.3, 0.4) is 0 Å². The predicted octanol–water partition coefficient (Wildman–Crippen LogP) is 1.51. The van der Waals surface area contributed by atoms with E-state index in [4.69, 9.17) is 10.5 Å². The highest BCUT2D eigenvalue weighted by Crippen LogP contribution is 2.15. The molecule has 1 aromatic rings. The topological polar surface area (TPSA) is 93.5 Å². The first kappa shape index (κ1) is 18.0. The number of carbonyl (C=O) groups is 2. The van der Waals surface area contributed by atoms with E-state index >= 15 is 0 Å². The van der Waals surface area contributed by atoms with Crippen LogP contribution in [0.15, 0.2) is 24.3 Å². The molecule has 1 aromatic carbocycles. The summed E-state index contributed by atoms with van der Waals surface area (Å²) in [7, 11) is 0. The van der Waals surface area contributed by atoms with E-state index < -0.39 is 0 Å². The molecule has 0 spiro atoms. The molecule has 0 bridgehead atoms. The number of hydrogen-bond donors (Lipinski definition) is 3. The monoisotopic (exact) mass is 307 g/mol. The summed E-state index contributed by atoms with van der Waals surface area (Å²) in [5.74, 6) is 0.864. The summed E-state index contributed by atoms with van der Waals surface area (Å²) in [5, 5.41) is 5.50. The summed E-state index contributed by atoms with van der Waals surface area (Å²) < 4.78 is 5.35. The first-order chi connectivity index (χ1) is 10.5. The molecular weight excluding hydrogens is 282 g/mol. The third-order valence-electron chi connectivity index (χ3n) is 2.79. The molecule has 122 valence electrons. The molecule has 2 amide bonds. The van der Waals surface area contributed by atoms with Crippen molar-refractivity contribution in [1.82, 2.24) is 5.32 Å². The van der Waals surface area contributed by atoms with Crippen molar-refractivity contribution in [2.24, 2.45) is 11.7 Å². The van der Waals surface area contributed by atoms with Crippen molar-refractivity contribution in [3.8, 4) is 5.75 Å². The number of rotatable bonds is 9. The third-order valence-corrected chi connectivity index (χ3v) is 2.79. The van der Waals surface area contributed by atoms with Crippen LogP contribution < -0.4 is 21.1 Å². The van der Waals surface area contributed by atoms with Gasteiger partial charge in [-0.15, -0.1) is 0 Å². The lowest BCUT2D eigenvalue weighted by molar-refractivity contribution is -0.121. The summed E-state index contributed by atoms with van der Waals surface area (Å²) in [6, 6.07) is 7.08. The van der Waals surface area contributed by atoms with E-state index in [0.717, 1.165) is 0 Å². The summed E-state index contributed by atoms with van der Waals surface area (Å²) >= 11 is 0. The molecule has 0 radical (unpaired) electrons. The Bertz CT molecular complexity index is 472. The molecule has 6 heteroatoms. The Hall–Kier alpha value is -2.08. The number of nitrogens with one attached hydrogen (secondary N) is 2. The number of carbonyl (C=O) groups excluding carboxylic acids is 2. The van der Waals surface area contributed by atoms with E-state index in [2.05, 4.69) is 10.6 Å². The molecule has 0 saturated heterocycles. The van der Waals surface area contributed by atoms with Gasteiger partial charge in [0, 0.05) is 31.6 Å². The Kier molecular flexibility index (Phi) is 7.99. The number of nitrogens with two attached hydrogens (primary N) is 1. The van der Waals surface area contributed by atoms with E-state index in [1.54, 1.807) is 24.3 Å². The van der Waals surface area contributed by atoms with Crippen LogP contribution in [-0.2, 0) is 9.59 Å². The molecule has 0 aliphatic heterocycles. The molecule has 0 aliphatic carbocycles. The van der Waals surface area contributed by atoms with Gasteiger partial charge in [-0.05, 0) is 30.2 Å². The summed E-state index contributed by atoms with van der Waals surface area (Å²) in [4.78, 5) is 23.2. The first-order valence-corrected chi connectivity index (χ1v) is 7.50. The first-order valence-electron chi connectivity index (χ1n) is 7.50. The third kappa shape index (κ3) is 7.64. The van der Waals surface area contributed by atoms with Crippen LogP contribution in [0.2, 0.25) is 0 Å². The highest BCUT2D eigenvalue weighted by molar-refractivity contribution is 5.91. The van der Waals surface area contributed by atoms with Crippen LogP contribution in [0.5, 0.6) is 5.75 Å². The lowest BCUT2D eigenvalue weighted by atomic mass is 10.1. The van der Waals surface area contributed by atoms with Crippen LogP contribution >= 0.6 is 0 Å². The van der Waals surface area contributed by atoms with Gasteiger partial charge >= 0.3 is 0 Å². The van der Waals surface area contributed by atoms with Crippen LogP contribution in [0, 0.1) is 5.92 Å². The second kappa shape index (κ2) is 9.78. The Morgan fingerprint density at radius 3 is 2.45 bits per heavy atom. The fourth-order valence-corrected chi connectivity index (χ4v) is 1.79. The zero-order valence-corrected chi connectivity index (χ0v) is 13.2. The number of anilines is 1. The van der Waals surface area contributed by atoms with Gasteiger partial charge in [0.2, 0.25) is 11.8 Å². The van der Waals surface area contributed by atoms with Gasteiger partial charge in [0.05, 0.1) is 0 Å². The Balaban J connectivity index is 2.28. The van der Waals surface area contributed by atoms with Crippen LogP contribution in [0.25, 0.3) is 0 Å². The van der Waals surface area contributed by atoms with Crippen molar-refractivity contribution in [3.05, 3.63) is 24.3 Å². The fourth-order valence-electron chi connectivity index (χ4n) is 1.79. The summed E-state index contributed by atoms with van der Waals surface area (Å²) in [5.41, 5.74) is 6.05. The molecule has 0 heterocycles. The maximum Gasteiger partial charge on any atom is 0.226 e. The lowest BCUT2D eigenvalue weighted by Gasteiger charge is -2.09. The quantitative estimate of drug-likeness (QED) is 0.645. The van der Waals surface area contributed by atoms with Gasteiger partial charge in [-0.1, -0.05) is 13.8 Å². The van der Waals surface area contributed by atoms with Gasteiger partial charge < -0.3 is 21.1 Å². The molecular formula is C16H25N3O3. The molecule has 0 aromatic heterocycles. The number of benzene rings is 1. The molecule has 0 saturated carbocycles. The number of hydrogen-bond acceptors (Lipinski definition) is 4. The van der Waals surface area contributed by atoms with Gasteiger partial charge in [-0.2, -0.15) is 0 Å². The fraction of sp³-hybridized carbons (Fsp3) is 0.500. The average molecular weight is 307 g/mol. The van der Waals surface area contributed by atoms with Crippen molar-refractivity contribution in [3.63, 3.8) is 0 Å². The molecule has 4 N–H and O–H groups in total. The second-order valence-corrected chi connectivity index (χ2v) is 5.41. The minimum Gasteiger partial charge on any atom is -0.492 e. The molecule has 0 unspecified atom stereocenters. The van der Waals surface area contributed by atoms with Crippen molar-refractivity contribution >= 4 is 17.5 Å². The second-order valence-electron chi connectivity index (χ2n) is 5.41. The van der Waals surface area contributed by atoms with Gasteiger partial charge in [-0.25, -0.2) is 0 Å². The zero-order chi connectivity index (χ0) is 16.4. The average Bonchev–Trinajstić information content (AvgIpc) is 2.45. The number of amides is 2. The van der Waals surface area contributed by atoms with E-state index in [9.17, 15) is 9.59 Å². The summed E-state index contributed by atoms with van der Waals surface area (Å²) in [6.07, 6.45) is 0.723. The van der Waals surface area contributed by atoms with Crippen molar-refractivity contribution in [2.75, 3.05) is 25.0 Å². The SMILES string of the molecule is CC(C)CC(=O)NCCC(=O)Nc1ccc(OCCN)cc1. The largest absolute Gasteiger partial charge is 0.492 e. The maximum absolute atomic E-state index is 11.8. The van der Waals surface area contributed by atoms with Crippen molar-refractivity contribution in [1.29, 1.82) is 0 Å². The van der Waals surface area contributed by atoms with Crippen LogP contribution in [0.1, 0.15) is 26.7 Å². The van der Waals surface area contributed by atoms with E-state index in [1.807, 2.05) is 13.8 Å². The molecule has 0 aliphatic rings. The Morgan fingerprint density at radius 2 is 1.86 bits per heavy atom. The van der Waals surface area contributed by atoms with Crippen LogP contribution in [0.4, 0.5) is 5.69 Å². The minimum atomic E-state index is -0.138. The predicted molar refractivity (Wildman–Crippen MR) is 86.7 cm³/mol. The maximum atomic E-state index is 11.8. The standard InChI is InChI=1S/C16H25N3O3/c1-12(2)11-16(21)18-9-7-15(20)19-13-3-5-14(6-4-13)22-10-8-17/h3-6,12H,7-11,17H2,1-2H3,(H,18,21)(H,19,20). The molecule has 1 rings (SSSR count). The zero-order valence-electron chi connectivity index (χ0n) is 13.2. The molecule has 22 heavy (non-hydrogen) atoms. The molecule has 0 fully saturated rings. The van der Waals surface area contributed by atoms with E-state index in [1.165, 1.54) is 0 Å². The Labute approximate surface area is 131 Å². The van der Waals surface area contributed by atoms with Gasteiger partial charge in [0.1, 0.15) is 12.4 Å². The number of ether oxygens (including phenoxy) is 1. The van der Waals surface area contributed by atoms with Crippen molar-refractivity contribution < 1.29 is 14.3 Å². The van der Waals surface area contributed by atoms with Crippen LogP contribution in [-0.4, -0.2) is 31.5 Å². The van der Waals surface area contributed by atoms with Gasteiger partial charge in [-0.3, -0.25) is 9.59 Å². The minimum absolute atomic E-state index is 0.0239. The van der Waals surface area contributed by atoms with E-state index in [-0.39, 0.29) is 18.2 Å². The van der Waals surface area contributed by atoms with E-state index in [0.29, 0.717) is 43.5 Å². The molecule has 6 nitrogen and oxygen atoms in total. The lowest BCUT2D eigenvalue weighted by Crippen LogP contribution is -2.28. The molecule has 0 atom stereocenters. The van der Waals surface area contributed by atoms with Crippen molar-refractivity contribution in [2.45, 2.75) is 26.7 Å². The highest BCUT2D eigenvalue weighted by atomic mass is 16.5. The Morgan fingerprint density at radius 1 is 1.18 bits per heavy atom. The van der Waals surface area contributed by atoms with Gasteiger partial charge in [0.25, 0.3) is 0 Å². The summed E-state index contributed by atoms with van der Waals surface area (Å²) in [6.45, 7) is 5.22. The highest BCUT2D eigenvalue weighted by Gasteiger charge is 2.06. The normalized spacial score (nSPS) is 10.4.